The van der Waals surface area contributed by atoms with E-state index in [1.807, 2.05) is 0 Å². The molecule has 1 aliphatic rings. The van der Waals surface area contributed by atoms with E-state index in [4.69, 9.17) is 0 Å². The summed E-state index contributed by atoms with van der Waals surface area (Å²) >= 11 is -2.03. The Morgan fingerprint density at radius 2 is 1.48 bits per heavy atom. The molecule has 0 aliphatic carbocycles. The van der Waals surface area contributed by atoms with Crippen molar-refractivity contribution in [1.29, 1.82) is 0 Å². The Bertz CT molecular complexity index is 238. The van der Waals surface area contributed by atoms with Gasteiger partial charge in [0.1, 0.15) is 0 Å². The summed E-state index contributed by atoms with van der Waals surface area (Å²) in [6, 6.07) is 0.492. The fourth-order valence-corrected chi connectivity index (χ4v) is 20.6. The van der Waals surface area contributed by atoms with Crippen LogP contribution in [0.5, 0.6) is 0 Å². The molecule has 0 aromatic carbocycles. The molecule has 1 rings (SSSR count). The monoisotopic (exact) mass is 405 g/mol. The maximum absolute atomic E-state index is 9.64. The SMILES string of the molecule is CCC[CH2][Sn]([CH2]CCC)([CH2]CCC)[CH2]N1CCC[C@H]1CO. The zero-order chi connectivity index (χ0) is 15.6. The fraction of sp³-hybridized carbons (Fsp3) is 1.00. The van der Waals surface area contributed by atoms with Crippen molar-refractivity contribution in [2.24, 2.45) is 0 Å². The molecule has 21 heavy (non-hydrogen) atoms. The summed E-state index contributed by atoms with van der Waals surface area (Å²) in [5, 5.41) is 9.64. The quantitative estimate of drug-likeness (QED) is 0.471. The number of rotatable bonds is 12. The van der Waals surface area contributed by atoms with E-state index in [0.717, 1.165) is 0 Å². The van der Waals surface area contributed by atoms with E-state index >= 15 is 0 Å². The summed E-state index contributed by atoms with van der Waals surface area (Å²) in [7, 11) is 0. The van der Waals surface area contributed by atoms with Gasteiger partial charge in [0.25, 0.3) is 0 Å². The number of likely N-dealkylation sites (tertiary alicyclic amines) is 1. The van der Waals surface area contributed by atoms with Crippen LogP contribution in [-0.4, -0.2) is 52.1 Å². The van der Waals surface area contributed by atoms with E-state index in [9.17, 15) is 5.11 Å². The summed E-state index contributed by atoms with van der Waals surface area (Å²) in [6.45, 7) is 8.69. The molecular weight excluding hydrogens is 365 g/mol. The van der Waals surface area contributed by atoms with Gasteiger partial charge in [-0.2, -0.15) is 0 Å². The van der Waals surface area contributed by atoms with Crippen molar-refractivity contribution in [1.82, 2.24) is 4.90 Å². The van der Waals surface area contributed by atoms with E-state index in [2.05, 4.69) is 25.7 Å². The molecule has 1 saturated heterocycles. The molecule has 0 amide bonds. The topological polar surface area (TPSA) is 23.5 Å². The van der Waals surface area contributed by atoms with Crippen LogP contribution < -0.4 is 0 Å². The number of nitrogens with zero attached hydrogens (tertiary/aromatic N) is 1. The molecule has 1 aliphatic heterocycles. The average Bonchev–Trinajstić information content (AvgIpc) is 2.95. The van der Waals surface area contributed by atoms with Crippen LogP contribution >= 0.6 is 0 Å². The fourth-order valence-electron chi connectivity index (χ4n) is 4.01. The van der Waals surface area contributed by atoms with E-state index < -0.39 is 18.4 Å². The second kappa shape index (κ2) is 11.3. The normalized spacial score (nSPS) is 20.3. The zero-order valence-corrected chi connectivity index (χ0v) is 17.7. The van der Waals surface area contributed by atoms with Gasteiger partial charge < -0.3 is 0 Å². The minimum atomic E-state index is -2.03. The molecule has 1 fully saturated rings. The molecule has 1 heterocycles. The van der Waals surface area contributed by atoms with Crippen molar-refractivity contribution >= 4 is 18.4 Å². The molecule has 126 valence electrons. The predicted octanol–water partition coefficient (Wildman–Crippen LogP) is 4.83. The third-order valence-electron chi connectivity index (χ3n) is 5.43. The van der Waals surface area contributed by atoms with Gasteiger partial charge in [-0.05, 0) is 0 Å². The Morgan fingerprint density at radius 1 is 0.952 bits per heavy atom. The van der Waals surface area contributed by atoms with Gasteiger partial charge >= 0.3 is 138 Å². The summed E-state index contributed by atoms with van der Waals surface area (Å²) in [4.78, 5) is 2.71. The molecule has 3 heteroatoms. The first-order valence-electron chi connectivity index (χ1n) is 9.56. The number of unbranched alkanes of at least 4 members (excludes halogenated alkanes) is 3. The molecule has 0 unspecified atom stereocenters. The molecule has 1 N–H and O–H groups in total. The van der Waals surface area contributed by atoms with Gasteiger partial charge in [-0.1, -0.05) is 0 Å². The van der Waals surface area contributed by atoms with Gasteiger partial charge in [-0.15, -0.1) is 0 Å². The maximum atomic E-state index is 9.64. The van der Waals surface area contributed by atoms with Crippen molar-refractivity contribution in [2.75, 3.05) is 17.7 Å². The number of hydrogen-bond donors (Lipinski definition) is 1. The predicted molar refractivity (Wildman–Crippen MR) is 96.6 cm³/mol. The molecule has 2 nitrogen and oxygen atoms in total. The van der Waals surface area contributed by atoms with Crippen molar-refractivity contribution in [3.05, 3.63) is 0 Å². The molecule has 0 radical (unpaired) electrons. The third kappa shape index (κ3) is 6.78. The second-order valence-corrected chi connectivity index (χ2v) is 21.0. The third-order valence-corrected chi connectivity index (χ3v) is 20.6. The van der Waals surface area contributed by atoms with Gasteiger partial charge in [-0.25, -0.2) is 0 Å². The summed E-state index contributed by atoms with van der Waals surface area (Å²) < 4.78 is 6.24. The Morgan fingerprint density at radius 3 is 1.90 bits per heavy atom. The molecule has 0 spiro atoms. The molecule has 0 aromatic rings. The van der Waals surface area contributed by atoms with Crippen molar-refractivity contribution in [3.63, 3.8) is 0 Å². The van der Waals surface area contributed by atoms with Crippen LogP contribution in [0.3, 0.4) is 0 Å². The Hall–Kier alpha value is 0.719. The molecule has 0 saturated carbocycles. The van der Waals surface area contributed by atoms with Crippen LogP contribution in [0.4, 0.5) is 0 Å². The van der Waals surface area contributed by atoms with Crippen molar-refractivity contribution < 1.29 is 5.11 Å². The van der Waals surface area contributed by atoms with Gasteiger partial charge in [0.05, 0.1) is 0 Å². The van der Waals surface area contributed by atoms with E-state index in [-0.39, 0.29) is 0 Å². The van der Waals surface area contributed by atoms with Gasteiger partial charge in [-0.3, -0.25) is 0 Å². The summed E-state index contributed by atoms with van der Waals surface area (Å²) in [5.41, 5.74) is 0. The van der Waals surface area contributed by atoms with Crippen LogP contribution in [0.15, 0.2) is 0 Å². The molecular formula is C18H39NOSn. The van der Waals surface area contributed by atoms with E-state index in [0.29, 0.717) is 12.6 Å². The molecule has 0 bridgehead atoms. The number of hydrogen-bond acceptors (Lipinski definition) is 2. The Kier molecular flexibility index (Phi) is 10.6. The molecule has 0 aromatic heterocycles. The zero-order valence-electron chi connectivity index (χ0n) is 14.9. The first kappa shape index (κ1) is 19.8. The van der Waals surface area contributed by atoms with Gasteiger partial charge in [0.2, 0.25) is 0 Å². The van der Waals surface area contributed by atoms with Gasteiger partial charge in [0, 0.05) is 0 Å². The number of aliphatic hydroxyl groups excluding tert-OH is 1. The van der Waals surface area contributed by atoms with Crippen LogP contribution in [0.25, 0.3) is 0 Å². The molecule has 1 atom stereocenters. The Balaban J connectivity index is 2.73. The first-order valence-corrected chi connectivity index (χ1v) is 17.6. The van der Waals surface area contributed by atoms with Crippen LogP contribution in [-0.2, 0) is 0 Å². The number of aliphatic hydroxyl groups is 1. The van der Waals surface area contributed by atoms with Crippen LogP contribution in [0, 0.1) is 0 Å². The second-order valence-electron chi connectivity index (χ2n) is 7.26. The summed E-state index contributed by atoms with van der Waals surface area (Å²) in [5.74, 6) is 0. The van der Waals surface area contributed by atoms with Gasteiger partial charge in [0.15, 0.2) is 0 Å². The summed E-state index contributed by atoms with van der Waals surface area (Å²) in [6.07, 6.45) is 11.0. The minimum absolute atomic E-state index is 0.386. The van der Waals surface area contributed by atoms with E-state index in [1.165, 1.54) is 62.5 Å². The Labute approximate surface area is 137 Å². The average molecular weight is 404 g/mol. The van der Waals surface area contributed by atoms with Crippen LogP contribution in [0.1, 0.15) is 72.1 Å². The van der Waals surface area contributed by atoms with Crippen LogP contribution in [0.2, 0.25) is 13.3 Å². The first-order chi connectivity index (χ1) is 10.2. The van der Waals surface area contributed by atoms with Crippen molar-refractivity contribution in [2.45, 2.75) is 91.5 Å². The van der Waals surface area contributed by atoms with E-state index in [1.54, 1.807) is 13.3 Å². The van der Waals surface area contributed by atoms with Crippen molar-refractivity contribution in [3.8, 4) is 0 Å². The standard InChI is InChI=1S/C6H12NO.3C4H9.Sn/c1-7-4-2-3-6(7)5-8;3*1-3-4-2;/h6,8H,1-5H2;3*1,3-4H2,2H3;/t6-;;;;/m0..../s1.